The lowest BCUT2D eigenvalue weighted by molar-refractivity contribution is 0.0925. The summed E-state index contributed by atoms with van der Waals surface area (Å²) in [6, 6.07) is 19.8. The summed E-state index contributed by atoms with van der Waals surface area (Å²) in [6.07, 6.45) is 4.30. The minimum atomic E-state index is -3.46. The van der Waals surface area contributed by atoms with Crippen molar-refractivity contribution in [3.8, 4) is 22.8 Å². The van der Waals surface area contributed by atoms with Gasteiger partial charge in [0.15, 0.2) is 19.7 Å². The summed E-state index contributed by atoms with van der Waals surface area (Å²) in [5.41, 5.74) is 9.23. The van der Waals surface area contributed by atoms with Crippen LogP contribution in [0, 0.1) is 0 Å². The van der Waals surface area contributed by atoms with Gasteiger partial charge in [0.1, 0.15) is 11.6 Å². The fraction of sp³-hybridized carbons (Fsp3) is 0.489. The third-order valence-corrected chi connectivity index (χ3v) is 17.5. The van der Waals surface area contributed by atoms with Gasteiger partial charge in [-0.05, 0) is 119 Å². The van der Waals surface area contributed by atoms with Crippen LogP contribution in [0.25, 0.3) is 44.8 Å². The minimum absolute atomic E-state index is 0.134. The van der Waals surface area contributed by atoms with Gasteiger partial charge >= 0.3 is 0 Å². The topological polar surface area (TPSA) is 180 Å². The van der Waals surface area contributed by atoms with Gasteiger partial charge in [-0.15, -0.1) is 0 Å². The van der Waals surface area contributed by atoms with Crippen LogP contribution in [0.3, 0.4) is 0 Å². The molecule has 2 aliphatic rings. The number of H-pyrrole nitrogens is 2. The number of hydrogen-bond acceptors (Lipinski definition) is 13. The molecule has 0 saturated carbocycles. The summed E-state index contributed by atoms with van der Waals surface area (Å²) in [7, 11) is -4.86. The van der Waals surface area contributed by atoms with Crippen molar-refractivity contribution in [3.63, 3.8) is 0 Å². The zero-order valence-corrected chi connectivity index (χ0v) is 40.0. The van der Waals surface area contributed by atoms with Crippen molar-refractivity contribution in [1.82, 2.24) is 34.8 Å². The zero-order valence-electron chi connectivity index (χ0n) is 38.4. The van der Waals surface area contributed by atoms with E-state index in [2.05, 4.69) is 57.7 Å². The molecule has 0 amide bonds. The van der Waals surface area contributed by atoms with Gasteiger partial charge in [0.25, 0.3) is 0 Å². The van der Waals surface area contributed by atoms with Crippen LogP contribution in [0.1, 0.15) is 76.9 Å². The van der Waals surface area contributed by atoms with Crippen LogP contribution in [0.2, 0.25) is 0 Å². The van der Waals surface area contributed by atoms with Crippen LogP contribution in [0.5, 0.6) is 0 Å². The van der Waals surface area contributed by atoms with Gasteiger partial charge in [-0.3, -0.25) is 4.90 Å². The molecular weight excluding hydrogens is 851 g/mol. The Kier molecular flexibility index (Phi) is 12.4. The fourth-order valence-corrected chi connectivity index (χ4v) is 9.62. The summed E-state index contributed by atoms with van der Waals surface area (Å²) < 4.78 is 61.4. The van der Waals surface area contributed by atoms with Gasteiger partial charge in [0.2, 0.25) is 0 Å². The summed E-state index contributed by atoms with van der Waals surface area (Å²) in [5, 5.41) is 0. The molecule has 2 fully saturated rings. The summed E-state index contributed by atoms with van der Waals surface area (Å²) in [4.78, 5) is 33.9. The average molecular weight is 912 g/mol. The number of morpholine rings is 2. The van der Waals surface area contributed by atoms with E-state index in [-0.39, 0.29) is 12.1 Å². The van der Waals surface area contributed by atoms with Crippen molar-refractivity contribution in [2.75, 3.05) is 68.9 Å². The van der Waals surface area contributed by atoms with Crippen LogP contribution in [0.15, 0.2) is 60.7 Å². The van der Waals surface area contributed by atoms with E-state index in [1.54, 1.807) is 27.7 Å². The first-order valence-corrected chi connectivity index (χ1v) is 25.8. The molecule has 6 aromatic rings. The molecule has 17 heteroatoms. The van der Waals surface area contributed by atoms with E-state index >= 15 is 0 Å². The van der Waals surface area contributed by atoms with Gasteiger partial charge in [0.05, 0.1) is 92.8 Å². The first-order chi connectivity index (χ1) is 30.2. The number of nitrogens with one attached hydrogen (secondary N) is 2. The number of pyridine rings is 4. The molecule has 2 aliphatic heterocycles. The summed E-state index contributed by atoms with van der Waals surface area (Å²) >= 11 is 0. The zero-order chi connectivity index (χ0) is 45.8. The Labute approximate surface area is 376 Å². The molecule has 8 heterocycles. The first-order valence-electron chi connectivity index (χ1n) is 22.1. The molecule has 2 atom stereocenters. The van der Waals surface area contributed by atoms with Gasteiger partial charge in [-0.25, -0.2) is 36.8 Å². The van der Waals surface area contributed by atoms with E-state index in [1.807, 2.05) is 48.5 Å². The van der Waals surface area contributed by atoms with Crippen molar-refractivity contribution >= 4 is 53.4 Å². The third kappa shape index (κ3) is 9.01. The van der Waals surface area contributed by atoms with Crippen molar-refractivity contribution in [2.45, 2.75) is 89.1 Å². The molecule has 6 aromatic heterocycles. The highest BCUT2D eigenvalue weighted by molar-refractivity contribution is 7.91. The standard InChI is InChI=1S/C47H61N9O6S2/c1-10-34-28-61-18-16-55(34)44-22-30(46(3,4)63(8,57)58)20-40(52-44)38-14-12-36-42(50-38)24-32(48-36)26-54(7)27-33-25-43-37(49-33)13-15-39(51-43)41-21-31(47(5,6)64(9,59)60)23-45(53-41)56-17-19-62-29-35(56)11-2/h12-15,20-25,34-35,48-49H,10-11,16-19,26-29H2,1-9H3/t34-,35-/m0/s1. The maximum atomic E-state index is 13.0. The SMILES string of the molecule is CC[C@H]1COCCN1c1cc(C(C)(C)S(C)(=O)=O)cc(-c2ccc3[nH]c(CN(C)Cc4cc5nc(-c6cc(C(C)(C)S(C)(=O)=O)cc(N7CCOC[C@@H]7CC)n6)ccc5[nH]4)cc3n2)n1. The number of rotatable bonds is 14. The van der Waals surface area contributed by atoms with Crippen molar-refractivity contribution in [1.29, 1.82) is 0 Å². The van der Waals surface area contributed by atoms with Crippen LogP contribution in [-0.4, -0.2) is 123 Å². The molecule has 0 bridgehead atoms. The Morgan fingerprint density at radius 3 is 1.41 bits per heavy atom. The predicted octanol–water partition coefficient (Wildman–Crippen LogP) is 6.99. The van der Waals surface area contributed by atoms with Crippen LogP contribution < -0.4 is 9.80 Å². The van der Waals surface area contributed by atoms with E-state index in [9.17, 15) is 16.8 Å². The Morgan fingerprint density at radius 1 is 0.625 bits per heavy atom. The van der Waals surface area contributed by atoms with Gasteiger partial charge in [-0.2, -0.15) is 0 Å². The van der Waals surface area contributed by atoms with Crippen molar-refractivity contribution in [2.24, 2.45) is 0 Å². The van der Waals surface area contributed by atoms with Crippen molar-refractivity contribution in [3.05, 3.63) is 83.2 Å². The molecule has 2 N–H and O–H groups in total. The van der Waals surface area contributed by atoms with Gasteiger partial charge < -0.3 is 29.2 Å². The van der Waals surface area contributed by atoms with E-state index in [0.29, 0.717) is 86.5 Å². The minimum Gasteiger partial charge on any atom is -0.377 e. The number of anilines is 2. The Bertz CT molecular complexity index is 2710. The molecule has 342 valence electrons. The second-order valence-electron chi connectivity index (χ2n) is 18.4. The molecular formula is C47H61N9O6S2. The van der Waals surface area contributed by atoms with Crippen LogP contribution in [0.4, 0.5) is 11.6 Å². The number of nitrogens with zero attached hydrogens (tertiary/aromatic N) is 7. The number of hydrogen-bond donors (Lipinski definition) is 2. The number of ether oxygens (including phenoxy) is 2. The molecule has 0 aromatic carbocycles. The molecule has 0 radical (unpaired) electrons. The lowest BCUT2D eigenvalue weighted by Crippen LogP contribution is -2.45. The monoisotopic (exact) mass is 911 g/mol. The molecule has 0 unspecified atom stereocenters. The van der Waals surface area contributed by atoms with Crippen LogP contribution >= 0.6 is 0 Å². The van der Waals surface area contributed by atoms with Crippen LogP contribution in [-0.2, 0) is 51.7 Å². The van der Waals surface area contributed by atoms with Crippen molar-refractivity contribution < 1.29 is 26.3 Å². The molecule has 0 spiro atoms. The molecule has 64 heavy (non-hydrogen) atoms. The van der Waals surface area contributed by atoms with E-state index < -0.39 is 29.2 Å². The van der Waals surface area contributed by atoms with Gasteiger partial charge in [-0.1, -0.05) is 13.8 Å². The first kappa shape index (κ1) is 45.6. The smallest absolute Gasteiger partial charge is 0.156 e. The highest BCUT2D eigenvalue weighted by atomic mass is 32.2. The maximum absolute atomic E-state index is 13.0. The molecule has 0 aliphatic carbocycles. The number of aromatic nitrogens is 6. The third-order valence-electron chi connectivity index (χ3n) is 13.3. The number of fused-ring (bicyclic) bond motifs is 2. The van der Waals surface area contributed by atoms with E-state index in [0.717, 1.165) is 57.9 Å². The normalized spacial score (nSPS) is 18.2. The molecule has 8 rings (SSSR count). The second kappa shape index (κ2) is 17.5. The number of aromatic amines is 2. The lowest BCUT2D eigenvalue weighted by atomic mass is 10.0. The van der Waals surface area contributed by atoms with Gasteiger partial charge in [0, 0.05) is 50.1 Å². The quantitative estimate of drug-likeness (QED) is 0.114. The Balaban J connectivity index is 1.04. The maximum Gasteiger partial charge on any atom is 0.156 e. The fourth-order valence-electron chi connectivity index (χ4n) is 8.52. The highest BCUT2D eigenvalue weighted by Crippen LogP contribution is 2.37. The van der Waals surface area contributed by atoms with E-state index in [4.69, 9.17) is 29.4 Å². The largest absolute Gasteiger partial charge is 0.377 e. The Hall–Kier alpha value is -4.94. The Morgan fingerprint density at radius 2 is 1.03 bits per heavy atom. The number of sulfone groups is 2. The second-order valence-corrected chi connectivity index (χ2v) is 23.6. The molecule has 15 nitrogen and oxygen atoms in total. The lowest BCUT2D eigenvalue weighted by Gasteiger charge is -2.37. The average Bonchev–Trinajstić information content (AvgIpc) is 3.87. The highest BCUT2D eigenvalue weighted by Gasteiger charge is 2.36. The summed E-state index contributed by atoms with van der Waals surface area (Å²) in [6.45, 7) is 16.1. The molecule has 2 saturated heterocycles. The summed E-state index contributed by atoms with van der Waals surface area (Å²) in [5.74, 6) is 1.45. The van der Waals surface area contributed by atoms with E-state index in [1.165, 1.54) is 12.5 Å². The predicted molar refractivity (Wildman–Crippen MR) is 254 cm³/mol.